The summed E-state index contributed by atoms with van der Waals surface area (Å²) in [7, 11) is -7.87. The number of aromatic nitrogens is 2. The highest BCUT2D eigenvalue weighted by Gasteiger charge is 2.31. The first kappa shape index (κ1) is 20.7. The summed E-state index contributed by atoms with van der Waals surface area (Å²) in [5.41, 5.74) is 2.69. The molecular formula is C22H22N2O4S2. The van der Waals surface area contributed by atoms with E-state index in [9.17, 15) is 16.8 Å². The van der Waals surface area contributed by atoms with E-state index in [-0.39, 0.29) is 15.7 Å². The standard InChI is InChI=1S/C22H22N2O4S2/c1-16-11-13-17(14-12-16)15-29(25,26)22-23-20-10-6-5-9-19(20)21(24-22)30(27,28)18-7-3-2-4-8-18/h2-4,7-8,11-14H,5-6,9-10,15H2,1H3. The van der Waals surface area contributed by atoms with Crippen LogP contribution in [0.1, 0.15) is 35.2 Å². The molecule has 0 fully saturated rings. The topological polar surface area (TPSA) is 94.1 Å². The molecule has 0 N–H and O–H groups in total. The molecule has 30 heavy (non-hydrogen) atoms. The normalized spacial score (nSPS) is 14.3. The molecule has 2 aromatic carbocycles. The molecular weight excluding hydrogens is 420 g/mol. The number of hydrogen-bond donors (Lipinski definition) is 0. The third-order valence-corrected chi connectivity index (χ3v) is 8.38. The number of fused-ring (bicyclic) bond motifs is 1. The third kappa shape index (κ3) is 4.02. The van der Waals surface area contributed by atoms with Crippen molar-refractivity contribution in [3.05, 3.63) is 77.0 Å². The van der Waals surface area contributed by atoms with Gasteiger partial charge >= 0.3 is 0 Å². The summed E-state index contributed by atoms with van der Waals surface area (Å²) in [5.74, 6) is -0.281. The molecule has 6 nitrogen and oxygen atoms in total. The van der Waals surface area contributed by atoms with E-state index in [1.165, 1.54) is 12.1 Å². The number of benzene rings is 2. The van der Waals surface area contributed by atoms with Crippen LogP contribution >= 0.6 is 0 Å². The minimum Gasteiger partial charge on any atom is -0.223 e. The zero-order valence-electron chi connectivity index (χ0n) is 16.6. The van der Waals surface area contributed by atoms with Crippen LogP contribution in [0.4, 0.5) is 0 Å². The van der Waals surface area contributed by atoms with Crippen LogP contribution < -0.4 is 0 Å². The van der Waals surface area contributed by atoms with Gasteiger partial charge in [0, 0.05) is 11.3 Å². The molecule has 0 saturated heterocycles. The van der Waals surface area contributed by atoms with Gasteiger partial charge in [0.25, 0.3) is 0 Å². The highest BCUT2D eigenvalue weighted by molar-refractivity contribution is 7.91. The smallest absolute Gasteiger partial charge is 0.223 e. The summed E-state index contributed by atoms with van der Waals surface area (Å²) in [6.07, 6.45) is 2.73. The Morgan fingerprint density at radius 3 is 2.20 bits per heavy atom. The van der Waals surface area contributed by atoms with E-state index < -0.39 is 24.8 Å². The van der Waals surface area contributed by atoms with Crippen LogP contribution in [-0.4, -0.2) is 26.8 Å². The summed E-state index contributed by atoms with van der Waals surface area (Å²) in [5, 5.41) is -0.598. The highest BCUT2D eigenvalue weighted by atomic mass is 32.2. The van der Waals surface area contributed by atoms with Crippen LogP contribution in [-0.2, 0) is 38.3 Å². The monoisotopic (exact) mass is 442 g/mol. The van der Waals surface area contributed by atoms with Crippen molar-refractivity contribution in [2.24, 2.45) is 0 Å². The Hall–Kier alpha value is -2.58. The van der Waals surface area contributed by atoms with E-state index in [2.05, 4.69) is 9.97 Å². The molecule has 8 heteroatoms. The second kappa shape index (κ2) is 7.92. The molecule has 0 saturated carbocycles. The van der Waals surface area contributed by atoms with E-state index in [1.807, 2.05) is 19.1 Å². The average Bonchev–Trinajstić information content (AvgIpc) is 2.75. The predicted molar refractivity (Wildman–Crippen MR) is 113 cm³/mol. The van der Waals surface area contributed by atoms with Gasteiger partial charge in [0.15, 0.2) is 5.03 Å². The fraction of sp³-hybridized carbons (Fsp3) is 0.273. The van der Waals surface area contributed by atoms with E-state index in [1.54, 1.807) is 30.3 Å². The maximum absolute atomic E-state index is 13.3. The van der Waals surface area contributed by atoms with Gasteiger partial charge in [-0.05, 0) is 50.3 Å². The molecule has 4 rings (SSSR count). The van der Waals surface area contributed by atoms with E-state index >= 15 is 0 Å². The second-order valence-corrected chi connectivity index (χ2v) is 11.3. The van der Waals surface area contributed by atoms with Crippen molar-refractivity contribution in [3.63, 3.8) is 0 Å². The van der Waals surface area contributed by atoms with Crippen LogP contribution in [0, 0.1) is 6.92 Å². The molecule has 0 spiro atoms. The SMILES string of the molecule is Cc1ccc(CS(=O)(=O)c2nc3c(c(S(=O)(=O)c4ccccc4)n2)CCCC3)cc1. The highest BCUT2D eigenvalue weighted by Crippen LogP contribution is 2.30. The summed E-state index contributed by atoms with van der Waals surface area (Å²) in [6, 6.07) is 15.1. The van der Waals surface area contributed by atoms with Gasteiger partial charge in [0.2, 0.25) is 24.8 Å². The van der Waals surface area contributed by atoms with Gasteiger partial charge in [-0.25, -0.2) is 26.8 Å². The van der Waals surface area contributed by atoms with Crippen LogP contribution in [0.25, 0.3) is 0 Å². The van der Waals surface area contributed by atoms with Gasteiger partial charge in [0.05, 0.1) is 10.6 Å². The Morgan fingerprint density at radius 1 is 0.833 bits per heavy atom. The van der Waals surface area contributed by atoms with Gasteiger partial charge in [-0.2, -0.15) is 0 Å². The molecule has 0 atom stereocenters. The maximum atomic E-state index is 13.3. The van der Waals surface area contributed by atoms with Crippen molar-refractivity contribution in [1.29, 1.82) is 0 Å². The average molecular weight is 443 g/mol. The van der Waals surface area contributed by atoms with E-state index in [0.717, 1.165) is 18.4 Å². The van der Waals surface area contributed by atoms with Crippen molar-refractivity contribution in [3.8, 4) is 0 Å². The summed E-state index contributed by atoms with van der Waals surface area (Å²) in [6.45, 7) is 1.92. The Balaban J connectivity index is 1.84. The van der Waals surface area contributed by atoms with Crippen molar-refractivity contribution in [1.82, 2.24) is 9.97 Å². The minimum absolute atomic E-state index is 0.0957. The summed E-state index contributed by atoms with van der Waals surface area (Å²) >= 11 is 0. The summed E-state index contributed by atoms with van der Waals surface area (Å²) < 4.78 is 52.7. The zero-order chi connectivity index (χ0) is 21.4. The van der Waals surface area contributed by atoms with Gasteiger partial charge in [-0.3, -0.25) is 0 Å². The first-order chi connectivity index (χ1) is 14.3. The van der Waals surface area contributed by atoms with Gasteiger partial charge < -0.3 is 0 Å². The lowest BCUT2D eigenvalue weighted by molar-refractivity contribution is 0.560. The molecule has 3 aromatic rings. The maximum Gasteiger partial charge on any atom is 0.248 e. The Kier molecular flexibility index (Phi) is 5.46. The Morgan fingerprint density at radius 2 is 1.50 bits per heavy atom. The molecule has 0 radical (unpaired) electrons. The zero-order valence-corrected chi connectivity index (χ0v) is 18.2. The molecule has 0 aliphatic heterocycles. The fourth-order valence-electron chi connectivity index (χ4n) is 3.58. The molecule has 0 amide bonds. The molecule has 1 heterocycles. The second-order valence-electron chi connectivity index (χ2n) is 7.50. The Bertz CT molecular complexity index is 1280. The van der Waals surface area contributed by atoms with Crippen LogP contribution in [0.2, 0.25) is 0 Å². The van der Waals surface area contributed by atoms with Crippen molar-refractivity contribution in [2.75, 3.05) is 0 Å². The van der Waals surface area contributed by atoms with Crippen molar-refractivity contribution >= 4 is 19.7 Å². The molecule has 156 valence electrons. The predicted octanol–water partition coefficient (Wildman–Crippen LogP) is 3.47. The number of nitrogens with zero attached hydrogens (tertiary/aromatic N) is 2. The van der Waals surface area contributed by atoms with Crippen LogP contribution in [0.15, 0.2) is 69.7 Å². The van der Waals surface area contributed by atoms with Crippen molar-refractivity contribution < 1.29 is 16.8 Å². The van der Waals surface area contributed by atoms with Gasteiger partial charge in [-0.15, -0.1) is 0 Å². The molecule has 1 aromatic heterocycles. The van der Waals surface area contributed by atoms with E-state index in [4.69, 9.17) is 0 Å². The lowest BCUT2D eigenvalue weighted by atomic mass is 9.98. The number of sulfone groups is 2. The first-order valence-corrected chi connectivity index (χ1v) is 12.9. The number of hydrogen-bond acceptors (Lipinski definition) is 6. The molecule has 1 aliphatic rings. The fourth-order valence-corrected chi connectivity index (χ4v) is 6.37. The Labute approximate surface area is 176 Å². The largest absolute Gasteiger partial charge is 0.248 e. The lowest BCUT2D eigenvalue weighted by Crippen LogP contribution is -2.20. The number of aryl methyl sites for hydroxylation is 2. The minimum atomic E-state index is -3.96. The molecule has 0 unspecified atom stereocenters. The van der Waals surface area contributed by atoms with Crippen molar-refractivity contribution in [2.45, 2.75) is 53.4 Å². The van der Waals surface area contributed by atoms with Gasteiger partial charge in [0.1, 0.15) is 0 Å². The molecule has 0 bridgehead atoms. The molecule has 1 aliphatic carbocycles. The number of rotatable bonds is 5. The van der Waals surface area contributed by atoms with E-state index in [0.29, 0.717) is 29.7 Å². The van der Waals surface area contributed by atoms with Crippen LogP contribution in [0.3, 0.4) is 0 Å². The quantitative estimate of drug-likeness (QED) is 0.444. The summed E-state index contributed by atoms with van der Waals surface area (Å²) in [4.78, 5) is 8.53. The lowest BCUT2D eigenvalue weighted by Gasteiger charge is -2.19. The van der Waals surface area contributed by atoms with Gasteiger partial charge in [-0.1, -0.05) is 48.0 Å². The first-order valence-electron chi connectivity index (χ1n) is 9.75. The van der Waals surface area contributed by atoms with Crippen LogP contribution in [0.5, 0.6) is 0 Å². The third-order valence-electron chi connectivity index (χ3n) is 5.19.